The minimum absolute atomic E-state index is 0. The highest BCUT2D eigenvalue weighted by atomic mass is 79.9. The van der Waals surface area contributed by atoms with Crippen LogP contribution in [0.4, 0.5) is 0 Å². The highest BCUT2D eigenvalue weighted by Crippen LogP contribution is 2.59. The summed E-state index contributed by atoms with van der Waals surface area (Å²) in [5.41, 5.74) is 5.00. The van der Waals surface area contributed by atoms with Gasteiger partial charge in [-0.25, -0.2) is 0 Å². The van der Waals surface area contributed by atoms with Crippen LogP contribution >= 0.6 is 0 Å². The van der Waals surface area contributed by atoms with Crippen molar-refractivity contribution in [2.75, 3.05) is 45.8 Å². The van der Waals surface area contributed by atoms with E-state index in [4.69, 9.17) is 0 Å². The number of hydrogen-bond donors (Lipinski definition) is 2. The summed E-state index contributed by atoms with van der Waals surface area (Å²) in [6.07, 6.45) is 9.18. The molecule has 0 aromatic heterocycles. The Kier molecular flexibility index (Phi) is 14.0. The first-order chi connectivity index (χ1) is 27.2. The molecule has 6 aliphatic rings. The zero-order chi connectivity index (χ0) is 38.7. The van der Waals surface area contributed by atoms with Crippen molar-refractivity contribution in [3.05, 3.63) is 179 Å². The summed E-state index contributed by atoms with van der Waals surface area (Å²) in [7, 11) is 0. The lowest BCUT2D eigenvalue weighted by Gasteiger charge is -2.60. The summed E-state index contributed by atoms with van der Waals surface area (Å²) in [5, 5.41) is 24.8. The van der Waals surface area contributed by atoms with Crippen LogP contribution in [0.1, 0.15) is 91.7 Å². The van der Waals surface area contributed by atoms with Gasteiger partial charge in [0.1, 0.15) is 17.7 Å². The topological polar surface area (TPSA) is 40.5 Å². The maximum absolute atomic E-state index is 12.5. The molecule has 0 aliphatic carbocycles. The van der Waals surface area contributed by atoms with Gasteiger partial charge < -0.3 is 53.1 Å². The van der Waals surface area contributed by atoms with Crippen LogP contribution < -0.4 is 34.0 Å². The van der Waals surface area contributed by atoms with Crippen LogP contribution in [0.2, 0.25) is 0 Å². The fourth-order valence-corrected chi connectivity index (χ4v) is 11.6. The van der Waals surface area contributed by atoms with E-state index in [-0.39, 0.29) is 44.8 Å². The van der Waals surface area contributed by atoms with Gasteiger partial charge in [0.15, 0.2) is 0 Å². The first-order valence-electron chi connectivity index (χ1n) is 21.6. The second kappa shape index (κ2) is 18.3. The Morgan fingerprint density at radius 2 is 0.776 bits per heavy atom. The molecule has 6 aliphatic heterocycles. The number of unbranched alkanes of at least 4 members (excludes halogenated alkanes) is 1. The second-order valence-corrected chi connectivity index (χ2v) is 18.2. The number of halogens is 2. The van der Waals surface area contributed by atoms with Crippen LogP contribution in [0.5, 0.6) is 0 Å². The van der Waals surface area contributed by atoms with Gasteiger partial charge in [0.2, 0.25) is 0 Å². The number of hydrogen-bond acceptors (Lipinski definition) is 2. The maximum atomic E-state index is 12.5. The number of piperidine rings is 6. The zero-order valence-corrected chi connectivity index (χ0v) is 37.9. The fourth-order valence-electron chi connectivity index (χ4n) is 11.6. The largest absolute Gasteiger partial charge is 1.00 e. The van der Waals surface area contributed by atoms with Crippen molar-refractivity contribution in [3.63, 3.8) is 0 Å². The molecule has 5 aromatic rings. The number of aliphatic hydroxyl groups is 2. The Labute approximate surface area is 369 Å². The van der Waals surface area contributed by atoms with Crippen molar-refractivity contribution < 1.29 is 53.1 Å². The van der Waals surface area contributed by atoms with Crippen LogP contribution in [0.25, 0.3) is 0 Å². The molecule has 58 heavy (non-hydrogen) atoms. The summed E-state index contributed by atoms with van der Waals surface area (Å²) >= 11 is 0. The van der Waals surface area contributed by atoms with Crippen molar-refractivity contribution in [1.29, 1.82) is 0 Å². The molecular weight excluding hydrogens is 844 g/mol. The van der Waals surface area contributed by atoms with Crippen molar-refractivity contribution >= 4 is 0 Å². The summed E-state index contributed by atoms with van der Waals surface area (Å²) < 4.78 is 2.46. The van der Waals surface area contributed by atoms with Gasteiger partial charge in [-0.15, -0.1) is 0 Å². The van der Waals surface area contributed by atoms with Gasteiger partial charge in [-0.05, 0) is 35.6 Å². The summed E-state index contributed by atoms with van der Waals surface area (Å²) in [6.45, 7) is 14.0. The molecule has 6 heteroatoms. The first-order valence-corrected chi connectivity index (χ1v) is 21.6. The summed E-state index contributed by atoms with van der Waals surface area (Å²) in [5.74, 6) is 0. The Hall–Kier alpha value is -3.10. The van der Waals surface area contributed by atoms with Gasteiger partial charge in [0.05, 0.1) is 45.8 Å². The molecular formula is C52H64Br2N2O2. The quantitative estimate of drug-likeness (QED) is 0.196. The average molecular weight is 909 g/mol. The number of fused-ring (bicyclic) bond motifs is 6. The molecule has 4 nitrogen and oxygen atoms in total. The van der Waals surface area contributed by atoms with E-state index in [0.717, 1.165) is 87.0 Å². The standard InChI is InChI=1S/C28H32NO.C24H32NO.2BrH/c1-23-12-14-24(15-13-23)22-29-19-16-27(17-20-29,18-21-29)28(30,25-8-4-2-5-9-25)26-10-6-3-7-11-26;1-2-3-17-25-18-14-23(15-19-25,16-20-25)24(26,21-10-6-4-7-11-21)22-12-8-5-9-13-22;;/h2-15,30H,16-22H2,1H3;4-13,26H,2-3,14-20H2,1H3;2*1H/q2*+1;;/p-2. The molecule has 0 unspecified atom stereocenters. The Bertz CT molecular complexity index is 1900. The first kappa shape index (κ1) is 44.5. The molecule has 2 N–H and O–H groups in total. The van der Waals surface area contributed by atoms with Crippen LogP contribution in [0.3, 0.4) is 0 Å². The lowest BCUT2D eigenvalue weighted by Crippen LogP contribution is -3.00. The fraction of sp³-hybridized carbons (Fsp3) is 0.423. The third-order valence-corrected chi connectivity index (χ3v) is 15.3. The number of aryl methyl sites for hydroxylation is 1. The maximum Gasteiger partial charge on any atom is 0.121 e. The van der Waals surface area contributed by atoms with Gasteiger partial charge in [0, 0.05) is 54.9 Å². The van der Waals surface area contributed by atoms with E-state index in [9.17, 15) is 10.2 Å². The normalized spacial score (nSPS) is 26.1. The predicted octanol–water partition coefficient (Wildman–Crippen LogP) is 4.16. The highest BCUT2D eigenvalue weighted by Gasteiger charge is 2.61. The van der Waals surface area contributed by atoms with E-state index < -0.39 is 11.2 Å². The van der Waals surface area contributed by atoms with E-state index in [2.05, 4.69) is 135 Å². The summed E-state index contributed by atoms with van der Waals surface area (Å²) in [4.78, 5) is 0. The van der Waals surface area contributed by atoms with Crippen molar-refractivity contribution in [3.8, 4) is 0 Å². The number of benzene rings is 5. The smallest absolute Gasteiger partial charge is 0.121 e. The van der Waals surface area contributed by atoms with E-state index in [0.29, 0.717) is 0 Å². The molecule has 0 radical (unpaired) electrons. The molecule has 6 saturated heterocycles. The van der Waals surface area contributed by atoms with Crippen LogP contribution in [-0.2, 0) is 17.7 Å². The SMILES string of the molecule is CCCC[N+]12CCC(C(O)(c3ccccc3)c3ccccc3)(CC1)CC2.Cc1ccc(C[N+]23CCC(C(O)(c4ccccc4)c4ccccc4)(CC2)CC3)cc1.[Br-].[Br-]. The van der Waals surface area contributed by atoms with Gasteiger partial charge >= 0.3 is 0 Å². The Morgan fingerprint density at radius 3 is 1.09 bits per heavy atom. The lowest BCUT2D eigenvalue weighted by molar-refractivity contribution is -0.958. The van der Waals surface area contributed by atoms with Crippen molar-refractivity contribution in [2.45, 2.75) is 83.0 Å². The van der Waals surface area contributed by atoms with Crippen molar-refractivity contribution in [2.24, 2.45) is 10.8 Å². The van der Waals surface area contributed by atoms with E-state index in [1.165, 1.54) is 59.1 Å². The molecule has 6 heterocycles. The lowest BCUT2D eigenvalue weighted by atomic mass is 9.56. The molecule has 0 atom stereocenters. The van der Waals surface area contributed by atoms with Gasteiger partial charge in [-0.3, -0.25) is 0 Å². The molecule has 0 spiro atoms. The van der Waals surface area contributed by atoms with Gasteiger partial charge in [-0.1, -0.05) is 165 Å². The number of nitrogens with zero attached hydrogens (tertiary/aromatic N) is 2. The molecule has 5 aromatic carbocycles. The van der Waals surface area contributed by atoms with Gasteiger partial charge in [0.25, 0.3) is 0 Å². The molecule has 6 fully saturated rings. The second-order valence-electron chi connectivity index (χ2n) is 18.2. The third kappa shape index (κ3) is 8.07. The van der Waals surface area contributed by atoms with E-state index in [1.54, 1.807) is 0 Å². The van der Waals surface area contributed by atoms with Gasteiger partial charge in [-0.2, -0.15) is 0 Å². The summed E-state index contributed by atoms with van der Waals surface area (Å²) in [6, 6.07) is 50.6. The molecule has 0 saturated carbocycles. The average Bonchev–Trinajstić information content (AvgIpc) is 3.28. The van der Waals surface area contributed by atoms with Crippen LogP contribution in [0, 0.1) is 17.8 Å². The van der Waals surface area contributed by atoms with Crippen molar-refractivity contribution in [1.82, 2.24) is 0 Å². The Balaban J connectivity index is 0.000000191. The minimum Gasteiger partial charge on any atom is -1.00 e. The van der Waals surface area contributed by atoms with Crippen LogP contribution in [0.15, 0.2) is 146 Å². The predicted molar refractivity (Wildman–Crippen MR) is 229 cm³/mol. The highest BCUT2D eigenvalue weighted by molar-refractivity contribution is 5.41. The molecule has 0 amide bonds. The number of quaternary nitrogens is 2. The minimum atomic E-state index is -0.935. The Morgan fingerprint density at radius 1 is 0.466 bits per heavy atom. The molecule has 4 bridgehead atoms. The van der Waals surface area contributed by atoms with E-state index in [1.807, 2.05) is 24.3 Å². The van der Waals surface area contributed by atoms with Crippen LogP contribution in [-0.4, -0.2) is 65.0 Å². The zero-order valence-electron chi connectivity index (χ0n) is 34.7. The molecule has 11 rings (SSSR count). The molecule has 308 valence electrons. The number of rotatable bonds is 11. The van der Waals surface area contributed by atoms with E-state index >= 15 is 0 Å². The third-order valence-electron chi connectivity index (χ3n) is 15.3. The monoisotopic (exact) mass is 906 g/mol.